The molecule has 4 nitrogen and oxygen atoms in total. The van der Waals surface area contributed by atoms with Gasteiger partial charge in [-0.1, -0.05) is 19.9 Å². The van der Waals surface area contributed by atoms with Crippen molar-refractivity contribution >= 4 is 12.2 Å². The first-order valence-electron chi connectivity index (χ1n) is 3.38. The van der Waals surface area contributed by atoms with Gasteiger partial charge in [0, 0.05) is 6.21 Å². The molecule has 0 aromatic carbocycles. The second-order valence-electron chi connectivity index (χ2n) is 2.38. The quantitative estimate of drug-likeness (QED) is 0.460. The van der Waals surface area contributed by atoms with Crippen LogP contribution in [0.2, 0.25) is 0 Å². The third kappa shape index (κ3) is 8.68. The SMILES string of the molecule is CC(C)C=CC=NNC(N)=O. The average molecular weight is 155 g/mol. The number of amides is 2. The normalized spacial score (nSPS) is 11.5. The second kappa shape index (κ2) is 5.46. The lowest BCUT2D eigenvalue weighted by molar-refractivity contribution is 0.249. The summed E-state index contributed by atoms with van der Waals surface area (Å²) in [6.45, 7) is 4.09. The van der Waals surface area contributed by atoms with E-state index in [2.05, 4.69) is 10.5 Å². The molecule has 0 aliphatic carbocycles. The Hall–Kier alpha value is -1.32. The Kier molecular flexibility index (Phi) is 4.81. The summed E-state index contributed by atoms with van der Waals surface area (Å²) in [4.78, 5) is 10.1. The number of nitrogens with one attached hydrogen (secondary N) is 1. The highest BCUT2D eigenvalue weighted by atomic mass is 16.2. The highest BCUT2D eigenvalue weighted by Gasteiger charge is 1.82. The zero-order valence-corrected chi connectivity index (χ0v) is 6.74. The van der Waals surface area contributed by atoms with Crippen LogP contribution < -0.4 is 11.2 Å². The molecule has 0 bridgehead atoms. The van der Waals surface area contributed by atoms with Crippen molar-refractivity contribution in [1.29, 1.82) is 0 Å². The Morgan fingerprint density at radius 1 is 1.64 bits per heavy atom. The number of carbonyl (C=O) groups is 1. The number of rotatable bonds is 3. The topological polar surface area (TPSA) is 67.5 Å². The lowest BCUT2D eigenvalue weighted by Crippen LogP contribution is -2.24. The maximum absolute atomic E-state index is 10.1. The molecule has 2 amide bonds. The van der Waals surface area contributed by atoms with Crippen LogP contribution in [0, 0.1) is 5.92 Å². The fraction of sp³-hybridized carbons (Fsp3) is 0.429. The van der Waals surface area contributed by atoms with E-state index in [9.17, 15) is 4.79 Å². The highest BCUT2D eigenvalue weighted by Crippen LogP contribution is 1.90. The average Bonchev–Trinajstić information content (AvgIpc) is 1.85. The van der Waals surface area contributed by atoms with Crippen LogP contribution in [0.3, 0.4) is 0 Å². The van der Waals surface area contributed by atoms with Gasteiger partial charge < -0.3 is 5.73 Å². The summed E-state index contributed by atoms with van der Waals surface area (Å²) in [5.74, 6) is 0.482. The predicted octanol–water partition coefficient (Wildman–Crippen LogP) is 0.853. The van der Waals surface area contributed by atoms with Gasteiger partial charge in [-0.25, -0.2) is 10.2 Å². The second-order valence-corrected chi connectivity index (χ2v) is 2.38. The van der Waals surface area contributed by atoms with Crippen LogP contribution >= 0.6 is 0 Å². The summed E-state index contributed by atoms with van der Waals surface area (Å²) in [6, 6.07) is -0.654. The van der Waals surface area contributed by atoms with E-state index < -0.39 is 6.03 Å². The molecule has 0 aromatic heterocycles. The third-order valence-electron chi connectivity index (χ3n) is 0.831. The monoisotopic (exact) mass is 155 g/mol. The predicted molar refractivity (Wildman–Crippen MR) is 45.2 cm³/mol. The molecule has 0 spiro atoms. The molecule has 0 aliphatic rings. The van der Waals surface area contributed by atoms with Crippen molar-refractivity contribution in [1.82, 2.24) is 5.43 Å². The molecule has 0 aliphatic heterocycles. The van der Waals surface area contributed by atoms with Crippen LogP contribution in [-0.4, -0.2) is 12.2 Å². The maximum Gasteiger partial charge on any atom is 0.332 e. The molecule has 0 fully saturated rings. The lowest BCUT2D eigenvalue weighted by Gasteiger charge is -1.90. The molecule has 62 valence electrons. The summed E-state index contributed by atoms with van der Waals surface area (Å²) < 4.78 is 0. The van der Waals surface area contributed by atoms with Crippen molar-refractivity contribution in [2.24, 2.45) is 16.8 Å². The van der Waals surface area contributed by atoms with Crippen molar-refractivity contribution in [2.75, 3.05) is 0 Å². The zero-order chi connectivity index (χ0) is 8.69. The van der Waals surface area contributed by atoms with E-state index in [0.29, 0.717) is 5.92 Å². The first kappa shape index (κ1) is 9.68. The van der Waals surface area contributed by atoms with Crippen LogP contribution in [0.1, 0.15) is 13.8 Å². The van der Waals surface area contributed by atoms with Crippen LogP contribution in [0.4, 0.5) is 4.79 Å². The maximum atomic E-state index is 10.1. The fourth-order valence-electron chi connectivity index (χ4n) is 0.416. The van der Waals surface area contributed by atoms with E-state index in [-0.39, 0.29) is 0 Å². The number of hydrazone groups is 1. The molecule has 0 unspecified atom stereocenters. The van der Waals surface area contributed by atoms with Crippen molar-refractivity contribution < 1.29 is 4.79 Å². The summed E-state index contributed by atoms with van der Waals surface area (Å²) in [6.07, 6.45) is 5.18. The summed E-state index contributed by atoms with van der Waals surface area (Å²) in [5.41, 5.74) is 6.82. The van der Waals surface area contributed by atoms with E-state index in [1.165, 1.54) is 6.21 Å². The van der Waals surface area contributed by atoms with Crippen LogP contribution in [-0.2, 0) is 0 Å². The number of carbonyl (C=O) groups excluding carboxylic acids is 1. The smallest absolute Gasteiger partial charge is 0.332 e. The van der Waals surface area contributed by atoms with Gasteiger partial charge in [0.2, 0.25) is 0 Å². The molecule has 0 aromatic rings. The van der Waals surface area contributed by atoms with Gasteiger partial charge in [-0.2, -0.15) is 5.10 Å². The van der Waals surface area contributed by atoms with E-state index in [1.807, 2.05) is 19.9 Å². The first-order valence-corrected chi connectivity index (χ1v) is 3.38. The highest BCUT2D eigenvalue weighted by molar-refractivity contribution is 5.75. The number of nitrogens with two attached hydrogens (primary N) is 1. The van der Waals surface area contributed by atoms with Gasteiger partial charge in [-0.15, -0.1) is 0 Å². The Morgan fingerprint density at radius 3 is 2.73 bits per heavy atom. The minimum Gasteiger partial charge on any atom is -0.350 e. The van der Waals surface area contributed by atoms with E-state index in [4.69, 9.17) is 5.73 Å². The number of hydrogen-bond acceptors (Lipinski definition) is 2. The number of allylic oxidation sites excluding steroid dienone is 2. The fourth-order valence-corrected chi connectivity index (χ4v) is 0.416. The standard InChI is InChI=1S/C7H13N3O/c1-6(2)4-3-5-9-10-7(8)11/h3-6H,1-2H3,(H3,8,10,11). The van der Waals surface area contributed by atoms with E-state index in [0.717, 1.165) is 0 Å². The van der Waals surface area contributed by atoms with E-state index >= 15 is 0 Å². The number of hydrogen-bond donors (Lipinski definition) is 2. The lowest BCUT2D eigenvalue weighted by atomic mass is 10.2. The van der Waals surface area contributed by atoms with Crippen LogP contribution in [0.5, 0.6) is 0 Å². The molecular weight excluding hydrogens is 142 g/mol. The van der Waals surface area contributed by atoms with E-state index in [1.54, 1.807) is 6.08 Å². The minimum absolute atomic E-state index is 0.482. The molecule has 11 heavy (non-hydrogen) atoms. The Morgan fingerprint density at radius 2 is 2.27 bits per heavy atom. The van der Waals surface area contributed by atoms with Gasteiger partial charge in [-0.3, -0.25) is 0 Å². The number of primary amides is 1. The molecule has 0 heterocycles. The number of nitrogens with zero attached hydrogens (tertiary/aromatic N) is 1. The molecule has 0 atom stereocenters. The van der Waals surface area contributed by atoms with Gasteiger partial charge in [0.25, 0.3) is 0 Å². The van der Waals surface area contributed by atoms with Crippen molar-refractivity contribution in [3.63, 3.8) is 0 Å². The molecule has 0 rings (SSSR count). The van der Waals surface area contributed by atoms with Gasteiger partial charge >= 0.3 is 6.03 Å². The summed E-state index contributed by atoms with van der Waals surface area (Å²) in [7, 11) is 0. The zero-order valence-electron chi connectivity index (χ0n) is 6.74. The molecule has 0 saturated carbocycles. The third-order valence-corrected chi connectivity index (χ3v) is 0.831. The van der Waals surface area contributed by atoms with Gasteiger partial charge in [0.15, 0.2) is 0 Å². The molecular formula is C7H13N3O. The van der Waals surface area contributed by atoms with Crippen LogP contribution in [0.25, 0.3) is 0 Å². The molecule has 3 N–H and O–H groups in total. The first-order chi connectivity index (χ1) is 5.13. The van der Waals surface area contributed by atoms with Crippen molar-refractivity contribution in [2.45, 2.75) is 13.8 Å². The molecule has 0 radical (unpaired) electrons. The van der Waals surface area contributed by atoms with Crippen molar-refractivity contribution in [3.05, 3.63) is 12.2 Å². The van der Waals surface area contributed by atoms with Crippen LogP contribution in [0.15, 0.2) is 17.3 Å². The van der Waals surface area contributed by atoms with Gasteiger partial charge in [-0.05, 0) is 12.0 Å². The molecule has 0 saturated heterocycles. The minimum atomic E-state index is -0.654. The number of urea groups is 1. The Bertz CT molecular complexity index is 173. The molecule has 4 heteroatoms. The van der Waals surface area contributed by atoms with Gasteiger partial charge in [0.1, 0.15) is 0 Å². The van der Waals surface area contributed by atoms with Gasteiger partial charge in [0.05, 0.1) is 0 Å². The Balaban J connectivity index is 3.52. The van der Waals surface area contributed by atoms with Crippen molar-refractivity contribution in [3.8, 4) is 0 Å². The summed E-state index contributed by atoms with van der Waals surface area (Å²) in [5, 5.41) is 3.51. The Labute approximate surface area is 66.2 Å². The summed E-state index contributed by atoms with van der Waals surface area (Å²) >= 11 is 0. The largest absolute Gasteiger partial charge is 0.350 e.